The van der Waals surface area contributed by atoms with Crippen LogP contribution in [0.4, 0.5) is 0 Å². The molecule has 1 aliphatic rings. The van der Waals surface area contributed by atoms with E-state index >= 15 is 0 Å². The first kappa shape index (κ1) is 9.48. The summed E-state index contributed by atoms with van der Waals surface area (Å²) < 4.78 is 5.00. The molecule has 1 heterocycles. The average Bonchev–Trinajstić information content (AvgIpc) is 2.37. The van der Waals surface area contributed by atoms with Crippen LogP contribution < -0.4 is 0 Å². The molecule has 0 amide bonds. The molecular formula is C8H15NO3. The van der Waals surface area contributed by atoms with Gasteiger partial charge in [-0.25, -0.2) is 0 Å². The lowest BCUT2D eigenvalue weighted by atomic mass is 10.2. The SMILES string of the molecule is COC[C@@H]1CCCN1CC(=O)O. The molecule has 4 heteroatoms. The van der Waals surface area contributed by atoms with Gasteiger partial charge in [0.2, 0.25) is 0 Å². The lowest BCUT2D eigenvalue weighted by Crippen LogP contribution is -2.36. The van der Waals surface area contributed by atoms with Gasteiger partial charge in [0.15, 0.2) is 0 Å². The second-order valence-corrected chi connectivity index (χ2v) is 3.12. The Balaban J connectivity index is 2.35. The molecule has 0 aromatic rings. The number of nitrogens with zero attached hydrogens (tertiary/aromatic N) is 1. The maximum Gasteiger partial charge on any atom is 0.317 e. The molecule has 0 aliphatic carbocycles. The number of hydrogen-bond acceptors (Lipinski definition) is 3. The normalized spacial score (nSPS) is 24.6. The van der Waals surface area contributed by atoms with Gasteiger partial charge >= 0.3 is 5.97 Å². The molecule has 0 unspecified atom stereocenters. The van der Waals surface area contributed by atoms with Crippen LogP contribution in [0.25, 0.3) is 0 Å². The molecule has 1 aliphatic heterocycles. The van der Waals surface area contributed by atoms with E-state index in [0.29, 0.717) is 12.6 Å². The fraction of sp³-hybridized carbons (Fsp3) is 0.875. The van der Waals surface area contributed by atoms with E-state index in [9.17, 15) is 4.79 Å². The molecule has 0 aromatic carbocycles. The van der Waals surface area contributed by atoms with E-state index in [1.54, 1.807) is 7.11 Å². The van der Waals surface area contributed by atoms with E-state index in [0.717, 1.165) is 19.4 Å². The lowest BCUT2D eigenvalue weighted by molar-refractivity contribution is -0.138. The van der Waals surface area contributed by atoms with Gasteiger partial charge in [0.25, 0.3) is 0 Å². The maximum absolute atomic E-state index is 10.4. The molecule has 0 saturated carbocycles. The first-order valence-corrected chi connectivity index (χ1v) is 4.19. The molecule has 0 radical (unpaired) electrons. The van der Waals surface area contributed by atoms with Crippen LogP contribution in [0, 0.1) is 0 Å². The number of hydrogen-bond donors (Lipinski definition) is 1. The predicted octanol–water partition coefficient (Wildman–Crippen LogP) is 0.182. The summed E-state index contributed by atoms with van der Waals surface area (Å²) in [5.74, 6) is -0.752. The van der Waals surface area contributed by atoms with Gasteiger partial charge in [0, 0.05) is 13.2 Å². The zero-order valence-electron chi connectivity index (χ0n) is 7.32. The molecule has 1 saturated heterocycles. The van der Waals surface area contributed by atoms with Crippen LogP contribution in [-0.2, 0) is 9.53 Å². The standard InChI is InChI=1S/C8H15NO3/c1-12-6-7-3-2-4-9(7)5-8(10)11/h7H,2-6H2,1H3,(H,10,11)/t7-/m0/s1. The zero-order chi connectivity index (χ0) is 8.97. The summed E-state index contributed by atoms with van der Waals surface area (Å²) in [6.45, 7) is 1.68. The molecular weight excluding hydrogens is 158 g/mol. The fourth-order valence-electron chi connectivity index (χ4n) is 1.66. The maximum atomic E-state index is 10.4. The van der Waals surface area contributed by atoms with E-state index in [-0.39, 0.29) is 6.54 Å². The number of aliphatic carboxylic acids is 1. The van der Waals surface area contributed by atoms with Crippen LogP contribution in [0.1, 0.15) is 12.8 Å². The Morgan fingerprint density at radius 3 is 3.08 bits per heavy atom. The quantitative estimate of drug-likeness (QED) is 0.659. The minimum absolute atomic E-state index is 0.147. The zero-order valence-corrected chi connectivity index (χ0v) is 7.32. The smallest absolute Gasteiger partial charge is 0.317 e. The molecule has 1 rings (SSSR count). The first-order valence-electron chi connectivity index (χ1n) is 4.19. The van der Waals surface area contributed by atoms with Crippen molar-refractivity contribution < 1.29 is 14.6 Å². The summed E-state index contributed by atoms with van der Waals surface area (Å²) in [6, 6.07) is 0.311. The van der Waals surface area contributed by atoms with Crippen LogP contribution >= 0.6 is 0 Å². The predicted molar refractivity (Wildman–Crippen MR) is 44.1 cm³/mol. The van der Waals surface area contributed by atoms with Crippen LogP contribution in [0.15, 0.2) is 0 Å². The Bertz CT molecular complexity index is 160. The Morgan fingerprint density at radius 2 is 2.50 bits per heavy atom. The van der Waals surface area contributed by atoms with Crippen molar-refractivity contribution in [2.24, 2.45) is 0 Å². The highest BCUT2D eigenvalue weighted by Crippen LogP contribution is 2.16. The van der Waals surface area contributed by atoms with Gasteiger partial charge in [0.05, 0.1) is 13.2 Å². The number of likely N-dealkylation sites (tertiary alicyclic amines) is 1. The number of ether oxygens (including phenoxy) is 1. The molecule has 1 fully saturated rings. The van der Waals surface area contributed by atoms with Gasteiger partial charge in [-0.15, -0.1) is 0 Å². The second kappa shape index (κ2) is 4.42. The fourth-order valence-corrected chi connectivity index (χ4v) is 1.66. The molecule has 12 heavy (non-hydrogen) atoms. The second-order valence-electron chi connectivity index (χ2n) is 3.12. The van der Waals surface area contributed by atoms with E-state index < -0.39 is 5.97 Å². The third kappa shape index (κ3) is 2.46. The van der Waals surface area contributed by atoms with Gasteiger partial charge in [-0.2, -0.15) is 0 Å². The van der Waals surface area contributed by atoms with Crippen molar-refractivity contribution in [3.05, 3.63) is 0 Å². The van der Waals surface area contributed by atoms with Gasteiger partial charge in [-0.3, -0.25) is 9.69 Å². The van der Waals surface area contributed by atoms with E-state index in [1.165, 1.54) is 0 Å². The van der Waals surface area contributed by atoms with Crippen LogP contribution in [0.2, 0.25) is 0 Å². The van der Waals surface area contributed by atoms with E-state index in [2.05, 4.69) is 0 Å². The molecule has 0 spiro atoms. The largest absolute Gasteiger partial charge is 0.480 e. The van der Waals surface area contributed by atoms with Crippen molar-refractivity contribution in [2.45, 2.75) is 18.9 Å². The van der Waals surface area contributed by atoms with Gasteiger partial charge in [0.1, 0.15) is 0 Å². The molecule has 0 bridgehead atoms. The summed E-state index contributed by atoms with van der Waals surface area (Å²) in [7, 11) is 1.65. The number of rotatable bonds is 4. The minimum atomic E-state index is -0.752. The van der Waals surface area contributed by atoms with E-state index in [1.807, 2.05) is 4.90 Å². The van der Waals surface area contributed by atoms with Crippen molar-refractivity contribution in [3.63, 3.8) is 0 Å². The summed E-state index contributed by atoms with van der Waals surface area (Å²) in [6.07, 6.45) is 2.14. The number of methoxy groups -OCH3 is 1. The highest BCUT2D eigenvalue weighted by Gasteiger charge is 2.25. The van der Waals surface area contributed by atoms with Gasteiger partial charge in [-0.05, 0) is 19.4 Å². The molecule has 1 N–H and O–H groups in total. The highest BCUT2D eigenvalue weighted by atomic mass is 16.5. The third-order valence-corrected chi connectivity index (χ3v) is 2.20. The Kier molecular flexibility index (Phi) is 3.49. The molecule has 70 valence electrons. The third-order valence-electron chi connectivity index (χ3n) is 2.20. The number of carboxylic acid groups (broad SMARTS) is 1. The Hall–Kier alpha value is -0.610. The van der Waals surface area contributed by atoms with Crippen LogP contribution in [0.5, 0.6) is 0 Å². The van der Waals surface area contributed by atoms with Crippen molar-refractivity contribution >= 4 is 5.97 Å². The Morgan fingerprint density at radius 1 is 1.75 bits per heavy atom. The summed E-state index contributed by atoms with van der Waals surface area (Å²) in [5.41, 5.74) is 0. The van der Waals surface area contributed by atoms with Gasteiger partial charge in [-0.1, -0.05) is 0 Å². The monoisotopic (exact) mass is 173 g/mol. The first-order chi connectivity index (χ1) is 5.74. The average molecular weight is 173 g/mol. The summed E-state index contributed by atoms with van der Waals surface area (Å²) in [4.78, 5) is 12.4. The lowest BCUT2D eigenvalue weighted by Gasteiger charge is -2.21. The highest BCUT2D eigenvalue weighted by molar-refractivity contribution is 5.69. The number of carboxylic acids is 1. The van der Waals surface area contributed by atoms with E-state index in [4.69, 9.17) is 9.84 Å². The molecule has 4 nitrogen and oxygen atoms in total. The molecule has 1 atom stereocenters. The minimum Gasteiger partial charge on any atom is -0.480 e. The van der Waals surface area contributed by atoms with Crippen molar-refractivity contribution in [1.29, 1.82) is 0 Å². The Labute approximate surface area is 72.1 Å². The summed E-state index contributed by atoms with van der Waals surface area (Å²) >= 11 is 0. The molecule has 0 aromatic heterocycles. The van der Waals surface area contributed by atoms with Crippen LogP contribution in [-0.4, -0.2) is 48.8 Å². The topological polar surface area (TPSA) is 49.8 Å². The van der Waals surface area contributed by atoms with Crippen molar-refractivity contribution in [3.8, 4) is 0 Å². The van der Waals surface area contributed by atoms with Gasteiger partial charge < -0.3 is 9.84 Å². The number of carbonyl (C=O) groups is 1. The van der Waals surface area contributed by atoms with Crippen molar-refractivity contribution in [2.75, 3.05) is 26.8 Å². The van der Waals surface area contributed by atoms with Crippen LogP contribution in [0.3, 0.4) is 0 Å². The van der Waals surface area contributed by atoms with Crippen molar-refractivity contribution in [1.82, 2.24) is 4.90 Å². The summed E-state index contributed by atoms with van der Waals surface area (Å²) in [5, 5.41) is 8.58.